The molecule has 3 heteroatoms. The molecule has 11 heavy (non-hydrogen) atoms. The van der Waals surface area contributed by atoms with Crippen molar-refractivity contribution >= 4 is 5.71 Å². The van der Waals surface area contributed by atoms with E-state index in [0.717, 1.165) is 18.6 Å². The van der Waals surface area contributed by atoms with Crippen LogP contribution >= 0.6 is 0 Å². The molecule has 0 spiro atoms. The average molecular weight is 306 g/mol. The standard InChI is InChI=1S/C8H17NO.Dy/c1-5-8(10,6-2)7(3)9-4;/h10H,5-6H2,1-4H3;. The maximum atomic E-state index is 9.77. The first-order chi connectivity index (χ1) is 4.60. The van der Waals surface area contributed by atoms with Crippen LogP contribution in [0.5, 0.6) is 0 Å². The molecule has 0 unspecified atom stereocenters. The molecule has 0 saturated carbocycles. The third-order valence-electron chi connectivity index (χ3n) is 2.18. The molecule has 0 heterocycles. The summed E-state index contributed by atoms with van der Waals surface area (Å²) in [5.41, 5.74) is 0.173. The molecule has 0 aromatic rings. The minimum atomic E-state index is -0.658. The van der Waals surface area contributed by atoms with Crippen LogP contribution in [0.2, 0.25) is 0 Å². The van der Waals surface area contributed by atoms with Gasteiger partial charge in [0.2, 0.25) is 0 Å². The van der Waals surface area contributed by atoms with Crippen molar-refractivity contribution in [1.29, 1.82) is 0 Å². The summed E-state index contributed by atoms with van der Waals surface area (Å²) in [6.07, 6.45) is 1.49. The van der Waals surface area contributed by atoms with E-state index in [-0.39, 0.29) is 38.2 Å². The van der Waals surface area contributed by atoms with E-state index in [1.807, 2.05) is 20.8 Å². The van der Waals surface area contributed by atoms with Gasteiger partial charge in [0, 0.05) is 50.9 Å². The van der Waals surface area contributed by atoms with Gasteiger partial charge in [-0.05, 0) is 19.8 Å². The smallest absolute Gasteiger partial charge is 0.101 e. The summed E-state index contributed by atoms with van der Waals surface area (Å²) in [4.78, 5) is 3.97. The third-order valence-corrected chi connectivity index (χ3v) is 2.18. The van der Waals surface area contributed by atoms with E-state index in [2.05, 4.69) is 4.99 Å². The van der Waals surface area contributed by atoms with Crippen LogP contribution in [0.3, 0.4) is 0 Å². The van der Waals surface area contributed by atoms with Crippen molar-refractivity contribution in [2.45, 2.75) is 39.2 Å². The molecule has 0 radical (unpaired) electrons. The molecule has 0 aromatic carbocycles. The number of nitrogens with zero attached hydrogens (tertiary/aromatic N) is 1. The Kier molecular flexibility index (Phi) is 8.42. The number of hydrogen-bond acceptors (Lipinski definition) is 2. The van der Waals surface area contributed by atoms with Crippen molar-refractivity contribution in [2.75, 3.05) is 7.05 Å². The van der Waals surface area contributed by atoms with Gasteiger partial charge in [-0.1, -0.05) is 13.8 Å². The molecule has 0 aliphatic rings. The van der Waals surface area contributed by atoms with Crippen LogP contribution in [-0.2, 0) is 0 Å². The minimum Gasteiger partial charge on any atom is -0.384 e. The topological polar surface area (TPSA) is 32.6 Å². The molecule has 0 bridgehead atoms. The number of aliphatic hydroxyl groups is 1. The Bertz CT molecular complexity index is 130. The van der Waals surface area contributed by atoms with Crippen molar-refractivity contribution < 1.29 is 43.3 Å². The van der Waals surface area contributed by atoms with Crippen LogP contribution in [0.15, 0.2) is 4.99 Å². The zero-order valence-electron chi connectivity index (χ0n) is 7.62. The minimum absolute atomic E-state index is 0. The van der Waals surface area contributed by atoms with Gasteiger partial charge < -0.3 is 5.11 Å². The third kappa shape index (κ3) is 3.89. The Labute approximate surface area is 99.5 Å². The normalized spacial score (nSPS) is 12.6. The molecule has 2 nitrogen and oxygen atoms in total. The number of hydrogen-bond donors (Lipinski definition) is 1. The van der Waals surface area contributed by atoms with E-state index < -0.39 is 5.60 Å². The Morgan fingerprint density at radius 3 is 1.82 bits per heavy atom. The second kappa shape index (κ2) is 6.42. The van der Waals surface area contributed by atoms with Crippen LogP contribution in [0, 0.1) is 38.2 Å². The molecular weight excluding hydrogens is 289 g/mol. The SMILES string of the molecule is CCC(O)(CC)C(C)=NC.[Dy]. The molecule has 0 aromatic heterocycles. The summed E-state index contributed by atoms with van der Waals surface area (Å²) in [7, 11) is 1.71. The fraction of sp³-hybridized carbons (Fsp3) is 0.875. The summed E-state index contributed by atoms with van der Waals surface area (Å²) in [6.45, 7) is 5.81. The summed E-state index contributed by atoms with van der Waals surface area (Å²) < 4.78 is 0. The predicted octanol–water partition coefficient (Wildman–Crippen LogP) is 1.63. The fourth-order valence-corrected chi connectivity index (χ4v) is 0.970. The van der Waals surface area contributed by atoms with Crippen LogP contribution in [0.1, 0.15) is 33.6 Å². The molecule has 0 atom stereocenters. The van der Waals surface area contributed by atoms with Crippen LogP contribution in [0.25, 0.3) is 0 Å². The Morgan fingerprint density at radius 2 is 1.73 bits per heavy atom. The molecule has 0 fully saturated rings. The van der Waals surface area contributed by atoms with E-state index in [4.69, 9.17) is 0 Å². The van der Waals surface area contributed by atoms with Gasteiger partial charge in [0.05, 0.1) is 0 Å². The second-order valence-corrected chi connectivity index (χ2v) is 2.55. The maximum absolute atomic E-state index is 9.77. The largest absolute Gasteiger partial charge is 0.384 e. The molecule has 70 valence electrons. The Morgan fingerprint density at radius 1 is 1.36 bits per heavy atom. The van der Waals surface area contributed by atoms with Gasteiger partial charge in [-0.3, -0.25) is 4.99 Å². The van der Waals surface area contributed by atoms with Gasteiger partial charge in [-0.25, -0.2) is 0 Å². The number of rotatable bonds is 3. The molecule has 0 aliphatic carbocycles. The van der Waals surface area contributed by atoms with E-state index in [1.54, 1.807) is 7.05 Å². The monoisotopic (exact) mass is 307 g/mol. The molecule has 0 amide bonds. The summed E-state index contributed by atoms with van der Waals surface area (Å²) in [6, 6.07) is 0. The molecule has 1 N–H and O–H groups in total. The molecular formula is C8H17DyNO. The zero-order chi connectivity index (χ0) is 8.20. The first-order valence-corrected chi connectivity index (χ1v) is 3.77. The van der Waals surface area contributed by atoms with Crippen molar-refractivity contribution in [2.24, 2.45) is 4.99 Å². The van der Waals surface area contributed by atoms with Crippen LogP contribution < -0.4 is 0 Å². The van der Waals surface area contributed by atoms with E-state index in [1.165, 1.54) is 0 Å². The van der Waals surface area contributed by atoms with Crippen molar-refractivity contribution in [3.8, 4) is 0 Å². The maximum Gasteiger partial charge on any atom is 0.101 e. The molecule has 0 rings (SSSR count). The van der Waals surface area contributed by atoms with Crippen molar-refractivity contribution in [3.05, 3.63) is 0 Å². The second-order valence-electron chi connectivity index (χ2n) is 2.55. The summed E-state index contributed by atoms with van der Waals surface area (Å²) in [5.74, 6) is 0. The van der Waals surface area contributed by atoms with Crippen LogP contribution in [-0.4, -0.2) is 23.5 Å². The van der Waals surface area contributed by atoms with Crippen molar-refractivity contribution in [1.82, 2.24) is 0 Å². The molecule has 0 aliphatic heterocycles. The predicted molar refractivity (Wildman–Crippen MR) is 44.6 cm³/mol. The quantitative estimate of drug-likeness (QED) is 0.790. The van der Waals surface area contributed by atoms with Gasteiger partial charge in [0.1, 0.15) is 5.60 Å². The van der Waals surface area contributed by atoms with Crippen LogP contribution in [0.4, 0.5) is 0 Å². The summed E-state index contributed by atoms with van der Waals surface area (Å²) >= 11 is 0. The first-order valence-electron chi connectivity index (χ1n) is 3.77. The average Bonchev–Trinajstić information content (AvgIpc) is 2.01. The zero-order valence-corrected chi connectivity index (χ0v) is 9.65. The molecule has 0 saturated heterocycles. The van der Waals surface area contributed by atoms with Gasteiger partial charge in [0.25, 0.3) is 0 Å². The van der Waals surface area contributed by atoms with E-state index in [0.29, 0.717) is 0 Å². The first kappa shape index (κ1) is 14.4. The van der Waals surface area contributed by atoms with Gasteiger partial charge >= 0.3 is 0 Å². The van der Waals surface area contributed by atoms with Gasteiger partial charge in [0.15, 0.2) is 0 Å². The van der Waals surface area contributed by atoms with E-state index >= 15 is 0 Å². The summed E-state index contributed by atoms with van der Waals surface area (Å²) in [5, 5.41) is 9.77. The van der Waals surface area contributed by atoms with Gasteiger partial charge in [-0.2, -0.15) is 0 Å². The number of aliphatic imine (C=N–C) groups is 1. The van der Waals surface area contributed by atoms with Gasteiger partial charge in [-0.15, -0.1) is 0 Å². The fourth-order valence-electron chi connectivity index (χ4n) is 0.970. The van der Waals surface area contributed by atoms with Crippen molar-refractivity contribution in [3.63, 3.8) is 0 Å². The Hall–Kier alpha value is 0.903. The van der Waals surface area contributed by atoms with E-state index in [9.17, 15) is 5.11 Å². The Balaban J connectivity index is 0.